The van der Waals surface area contributed by atoms with Crippen molar-refractivity contribution in [3.8, 4) is 0 Å². The summed E-state index contributed by atoms with van der Waals surface area (Å²) in [6.45, 7) is 1.80. The quantitative estimate of drug-likeness (QED) is 0.862. The first-order chi connectivity index (χ1) is 9.06. The fourth-order valence-electron chi connectivity index (χ4n) is 1.90. The van der Waals surface area contributed by atoms with Crippen molar-refractivity contribution in [3.63, 3.8) is 0 Å². The fraction of sp³-hybridized carbons (Fsp3) is 0.286. The van der Waals surface area contributed by atoms with E-state index in [1.807, 2.05) is 28.8 Å². The summed E-state index contributed by atoms with van der Waals surface area (Å²) in [6.07, 6.45) is 4.11. The number of carboxylic acids is 1. The first-order valence-electron chi connectivity index (χ1n) is 6.15. The molecule has 0 spiro atoms. The molecule has 0 radical (unpaired) electrons. The average Bonchev–Trinajstić information content (AvgIpc) is 2.80. The van der Waals surface area contributed by atoms with E-state index in [0.717, 1.165) is 5.52 Å². The van der Waals surface area contributed by atoms with Gasteiger partial charge in [0.2, 0.25) is 0 Å². The Kier molecular flexibility index (Phi) is 3.85. The SMILES string of the molecule is CC(CCC(=O)O)NC(=O)c1cc2ccccn2c1. The predicted octanol–water partition coefficient (Wildman–Crippen LogP) is 1.92. The van der Waals surface area contributed by atoms with Crippen LogP contribution in [-0.4, -0.2) is 27.4 Å². The molecule has 2 rings (SSSR count). The van der Waals surface area contributed by atoms with E-state index < -0.39 is 5.97 Å². The van der Waals surface area contributed by atoms with E-state index in [1.165, 1.54) is 0 Å². The van der Waals surface area contributed by atoms with Crippen molar-refractivity contribution in [2.45, 2.75) is 25.8 Å². The van der Waals surface area contributed by atoms with Gasteiger partial charge in [-0.2, -0.15) is 0 Å². The summed E-state index contributed by atoms with van der Waals surface area (Å²) in [5.41, 5.74) is 1.53. The Balaban J connectivity index is 2.01. The first-order valence-corrected chi connectivity index (χ1v) is 6.15. The van der Waals surface area contributed by atoms with Gasteiger partial charge in [-0.05, 0) is 31.5 Å². The highest BCUT2D eigenvalue weighted by Gasteiger charge is 2.12. The maximum absolute atomic E-state index is 12.0. The van der Waals surface area contributed by atoms with Crippen LogP contribution in [0.1, 0.15) is 30.1 Å². The number of amides is 1. The molecule has 0 aliphatic rings. The van der Waals surface area contributed by atoms with Gasteiger partial charge < -0.3 is 14.8 Å². The second-order valence-electron chi connectivity index (χ2n) is 4.57. The molecular weight excluding hydrogens is 244 g/mol. The third-order valence-corrected chi connectivity index (χ3v) is 2.94. The van der Waals surface area contributed by atoms with E-state index in [2.05, 4.69) is 5.32 Å². The Hall–Kier alpha value is -2.30. The highest BCUT2D eigenvalue weighted by atomic mass is 16.4. The zero-order valence-electron chi connectivity index (χ0n) is 10.7. The zero-order valence-corrected chi connectivity index (χ0v) is 10.7. The largest absolute Gasteiger partial charge is 0.481 e. The van der Waals surface area contributed by atoms with Crippen LogP contribution in [0.3, 0.4) is 0 Å². The Bertz CT molecular complexity index is 571. The smallest absolute Gasteiger partial charge is 0.303 e. The molecule has 1 atom stereocenters. The standard InChI is InChI=1S/C14H16N2O3/c1-10(5-6-13(17)18)15-14(19)11-8-12-4-2-3-7-16(12)9-11/h2-4,7-10H,5-6H2,1H3,(H,15,19)(H,17,18). The van der Waals surface area contributed by atoms with Crippen LogP contribution < -0.4 is 5.32 Å². The van der Waals surface area contributed by atoms with Crippen molar-refractivity contribution in [3.05, 3.63) is 42.2 Å². The van der Waals surface area contributed by atoms with Crippen molar-refractivity contribution < 1.29 is 14.7 Å². The van der Waals surface area contributed by atoms with Crippen LogP contribution in [0.15, 0.2) is 36.7 Å². The number of nitrogens with one attached hydrogen (secondary N) is 1. The molecule has 0 aromatic carbocycles. The minimum atomic E-state index is -0.851. The van der Waals surface area contributed by atoms with Gasteiger partial charge in [-0.15, -0.1) is 0 Å². The molecule has 2 aromatic heterocycles. The molecule has 100 valence electrons. The molecule has 0 aliphatic carbocycles. The number of rotatable bonds is 5. The van der Waals surface area contributed by atoms with E-state index in [-0.39, 0.29) is 18.4 Å². The van der Waals surface area contributed by atoms with E-state index in [1.54, 1.807) is 19.2 Å². The molecule has 19 heavy (non-hydrogen) atoms. The lowest BCUT2D eigenvalue weighted by Crippen LogP contribution is -2.32. The van der Waals surface area contributed by atoms with Gasteiger partial charge in [0.15, 0.2) is 0 Å². The van der Waals surface area contributed by atoms with Crippen molar-refractivity contribution in [2.75, 3.05) is 0 Å². The lowest BCUT2D eigenvalue weighted by molar-refractivity contribution is -0.137. The summed E-state index contributed by atoms with van der Waals surface area (Å²) < 4.78 is 1.87. The minimum Gasteiger partial charge on any atom is -0.481 e. The summed E-state index contributed by atoms with van der Waals surface area (Å²) in [7, 11) is 0. The van der Waals surface area contributed by atoms with Gasteiger partial charge in [0.25, 0.3) is 5.91 Å². The van der Waals surface area contributed by atoms with Crippen molar-refractivity contribution in [1.29, 1.82) is 0 Å². The van der Waals surface area contributed by atoms with E-state index in [4.69, 9.17) is 5.11 Å². The van der Waals surface area contributed by atoms with Gasteiger partial charge in [-0.3, -0.25) is 9.59 Å². The lowest BCUT2D eigenvalue weighted by atomic mass is 10.1. The van der Waals surface area contributed by atoms with E-state index >= 15 is 0 Å². The van der Waals surface area contributed by atoms with Crippen molar-refractivity contribution >= 4 is 17.4 Å². The van der Waals surface area contributed by atoms with Crippen LogP contribution in [-0.2, 0) is 4.79 Å². The van der Waals surface area contributed by atoms with E-state index in [0.29, 0.717) is 12.0 Å². The maximum Gasteiger partial charge on any atom is 0.303 e. The maximum atomic E-state index is 12.0. The highest BCUT2D eigenvalue weighted by molar-refractivity contribution is 5.95. The Morgan fingerprint density at radius 2 is 2.21 bits per heavy atom. The third-order valence-electron chi connectivity index (χ3n) is 2.94. The number of carboxylic acid groups (broad SMARTS) is 1. The molecule has 2 aromatic rings. The van der Waals surface area contributed by atoms with Crippen LogP contribution in [0.4, 0.5) is 0 Å². The van der Waals surface area contributed by atoms with Crippen LogP contribution in [0.25, 0.3) is 5.52 Å². The number of hydrogen-bond acceptors (Lipinski definition) is 2. The number of carbonyl (C=O) groups excluding carboxylic acids is 1. The van der Waals surface area contributed by atoms with Gasteiger partial charge >= 0.3 is 5.97 Å². The normalized spacial score (nSPS) is 12.3. The molecular formula is C14H16N2O3. The summed E-state index contributed by atoms with van der Waals surface area (Å²) >= 11 is 0. The molecule has 0 aliphatic heterocycles. The van der Waals surface area contributed by atoms with Crippen LogP contribution in [0.5, 0.6) is 0 Å². The molecule has 5 nitrogen and oxygen atoms in total. The molecule has 1 amide bonds. The summed E-state index contributed by atoms with van der Waals surface area (Å²) in [5.74, 6) is -1.03. The highest BCUT2D eigenvalue weighted by Crippen LogP contribution is 2.10. The second-order valence-corrected chi connectivity index (χ2v) is 4.57. The number of fused-ring (bicyclic) bond motifs is 1. The number of carbonyl (C=O) groups is 2. The van der Waals surface area contributed by atoms with Crippen molar-refractivity contribution in [2.24, 2.45) is 0 Å². The van der Waals surface area contributed by atoms with Gasteiger partial charge in [-0.1, -0.05) is 6.07 Å². The molecule has 2 heterocycles. The van der Waals surface area contributed by atoms with Gasteiger partial charge in [0.05, 0.1) is 5.56 Å². The number of nitrogens with zero attached hydrogens (tertiary/aromatic N) is 1. The monoisotopic (exact) mass is 260 g/mol. The van der Waals surface area contributed by atoms with Crippen LogP contribution in [0, 0.1) is 0 Å². The average molecular weight is 260 g/mol. The second kappa shape index (κ2) is 5.56. The molecule has 0 bridgehead atoms. The Morgan fingerprint density at radius 1 is 1.42 bits per heavy atom. The molecule has 0 fully saturated rings. The Labute approximate surface area is 110 Å². The van der Waals surface area contributed by atoms with E-state index in [9.17, 15) is 9.59 Å². The molecule has 0 saturated heterocycles. The topological polar surface area (TPSA) is 70.8 Å². The summed E-state index contributed by atoms with van der Waals surface area (Å²) in [4.78, 5) is 22.5. The fourth-order valence-corrected chi connectivity index (χ4v) is 1.90. The summed E-state index contributed by atoms with van der Waals surface area (Å²) in [5, 5.41) is 11.4. The van der Waals surface area contributed by atoms with Gasteiger partial charge in [0, 0.05) is 30.4 Å². The molecule has 2 N–H and O–H groups in total. The zero-order chi connectivity index (χ0) is 13.8. The van der Waals surface area contributed by atoms with Crippen LogP contribution >= 0.6 is 0 Å². The Morgan fingerprint density at radius 3 is 2.89 bits per heavy atom. The predicted molar refractivity (Wildman–Crippen MR) is 71.2 cm³/mol. The van der Waals surface area contributed by atoms with Crippen molar-refractivity contribution in [1.82, 2.24) is 9.72 Å². The molecule has 1 unspecified atom stereocenters. The minimum absolute atomic E-state index is 0.0547. The number of hydrogen-bond donors (Lipinski definition) is 2. The number of aromatic nitrogens is 1. The number of aliphatic carboxylic acids is 1. The summed E-state index contributed by atoms with van der Waals surface area (Å²) in [6, 6.07) is 7.37. The third kappa shape index (κ3) is 3.34. The van der Waals surface area contributed by atoms with Crippen LogP contribution in [0.2, 0.25) is 0 Å². The van der Waals surface area contributed by atoms with Gasteiger partial charge in [-0.25, -0.2) is 0 Å². The first kappa shape index (κ1) is 13.1. The molecule has 5 heteroatoms. The lowest BCUT2D eigenvalue weighted by Gasteiger charge is -2.11. The van der Waals surface area contributed by atoms with Gasteiger partial charge in [0.1, 0.15) is 0 Å². The number of pyridine rings is 1. The molecule has 0 saturated carbocycles.